The van der Waals surface area contributed by atoms with E-state index >= 15 is 0 Å². The summed E-state index contributed by atoms with van der Waals surface area (Å²) in [5, 5.41) is 2.84. The van der Waals surface area contributed by atoms with Gasteiger partial charge in [-0.3, -0.25) is 9.59 Å². The van der Waals surface area contributed by atoms with Crippen LogP contribution in [0.2, 0.25) is 0 Å². The standard InChI is InChI=1S/C23H26N2O4/c1-16(18-7-9-21(28-3)10-8-18)13-22(26)24-20-6-4-5-19(14-20)23(27)25-11-12-29-17(2)15-25/h4-10,13-14,17H,11-12,15H2,1-3H3,(H,24,26)/b16-13+. The summed E-state index contributed by atoms with van der Waals surface area (Å²) in [6, 6.07) is 14.5. The maximum absolute atomic E-state index is 12.7. The van der Waals surface area contributed by atoms with Gasteiger partial charge in [0, 0.05) is 30.4 Å². The molecule has 2 aromatic rings. The zero-order chi connectivity index (χ0) is 20.8. The molecule has 2 amide bonds. The fourth-order valence-corrected chi connectivity index (χ4v) is 3.23. The first-order chi connectivity index (χ1) is 14.0. The number of hydrogen-bond donors (Lipinski definition) is 1. The van der Waals surface area contributed by atoms with E-state index in [1.165, 1.54) is 0 Å². The van der Waals surface area contributed by atoms with Gasteiger partial charge in [-0.05, 0) is 55.3 Å². The Morgan fingerprint density at radius 2 is 1.93 bits per heavy atom. The van der Waals surface area contributed by atoms with Crippen LogP contribution < -0.4 is 10.1 Å². The van der Waals surface area contributed by atoms with Gasteiger partial charge in [0.25, 0.3) is 5.91 Å². The monoisotopic (exact) mass is 394 g/mol. The highest BCUT2D eigenvalue weighted by Gasteiger charge is 2.22. The third-order valence-corrected chi connectivity index (χ3v) is 4.80. The predicted molar refractivity (Wildman–Crippen MR) is 113 cm³/mol. The molecule has 0 aliphatic carbocycles. The fourth-order valence-electron chi connectivity index (χ4n) is 3.23. The van der Waals surface area contributed by atoms with Gasteiger partial charge < -0.3 is 19.7 Å². The first-order valence-corrected chi connectivity index (χ1v) is 9.61. The molecule has 0 spiro atoms. The van der Waals surface area contributed by atoms with Crippen molar-refractivity contribution < 1.29 is 19.1 Å². The topological polar surface area (TPSA) is 67.9 Å². The number of anilines is 1. The lowest BCUT2D eigenvalue weighted by Gasteiger charge is -2.31. The van der Waals surface area contributed by atoms with Gasteiger partial charge in [0.2, 0.25) is 5.91 Å². The van der Waals surface area contributed by atoms with Gasteiger partial charge in [-0.2, -0.15) is 0 Å². The van der Waals surface area contributed by atoms with Crippen molar-refractivity contribution in [2.75, 3.05) is 32.1 Å². The van der Waals surface area contributed by atoms with Crippen molar-refractivity contribution in [3.63, 3.8) is 0 Å². The van der Waals surface area contributed by atoms with Crippen LogP contribution in [0.1, 0.15) is 29.8 Å². The summed E-state index contributed by atoms with van der Waals surface area (Å²) in [6.45, 7) is 5.51. The van der Waals surface area contributed by atoms with Crippen molar-refractivity contribution in [1.29, 1.82) is 0 Å². The molecular formula is C23H26N2O4. The normalized spacial score (nSPS) is 17.0. The first kappa shape index (κ1) is 20.6. The Morgan fingerprint density at radius 3 is 2.62 bits per heavy atom. The number of methoxy groups -OCH3 is 1. The Morgan fingerprint density at radius 1 is 1.17 bits per heavy atom. The molecule has 1 fully saturated rings. The predicted octanol–water partition coefficient (Wildman–Crippen LogP) is 3.60. The third-order valence-electron chi connectivity index (χ3n) is 4.80. The number of nitrogens with one attached hydrogen (secondary N) is 1. The maximum atomic E-state index is 12.7. The molecule has 1 aliphatic rings. The van der Waals surface area contributed by atoms with Crippen LogP contribution in [0.15, 0.2) is 54.6 Å². The van der Waals surface area contributed by atoms with E-state index in [4.69, 9.17) is 9.47 Å². The quantitative estimate of drug-likeness (QED) is 0.787. The van der Waals surface area contributed by atoms with Gasteiger partial charge in [-0.25, -0.2) is 0 Å². The molecule has 3 rings (SSSR count). The van der Waals surface area contributed by atoms with Crippen LogP contribution in [0, 0.1) is 0 Å². The Hall–Kier alpha value is -3.12. The molecule has 152 valence electrons. The smallest absolute Gasteiger partial charge is 0.254 e. The number of rotatable bonds is 5. The van der Waals surface area contributed by atoms with Crippen LogP contribution >= 0.6 is 0 Å². The number of carbonyl (C=O) groups is 2. The highest BCUT2D eigenvalue weighted by molar-refractivity contribution is 6.04. The van der Waals surface area contributed by atoms with Gasteiger partial charge in [-0.1, -0.05) is 18.2 Å². The zero-order valence-corrected chi connectivity index (χ0v) is 17.0. The summed E-state index contributed by atoms with van der Waals surface area (Å²) in [4.78, 5) is 26.9. The highest BCUT2D eigenvalue weighted by atomic mass is 16.5. The number of carbonyl (C=O) groups excluding carboxylic acids is 2. The SMILES string of the molecule is COc1ccc(/C(C)=C/C(=O)Nc2cccc(C(=O)N3CCOC(C)C3)c2)cc1. The van der Waals surface area contributed by atoms with Gasteiger partial charge in [0.05, 0.1) is 19.8 Å². The van der Waals surface area contributed by atoms with Gasteiger partial charge in [0.15, 0.2) is 0 Å². The molecule has 0 aromatic heterocycles. The number of hydrogen-bond acceptors (Lipinski definition) is 4. The average molecular weight is 394 g/mol. The van der Waals surface area contributed by atoms with E-state index < -0.39 is 0 Å². The van der Waals surface area contributed by atoms with Crippen molar-refractivity contribution in [2.24, 2.45) is 0 Å². The number of allylic oxidation sites excluding steroid dienone is 1. The Bertz CT molecular complexity index is 905. The lowest BCUT2D eigenvalue weighted by Crippen LogP contribution is -2.44. The Balaban J connectivity index is 1.67. The van der Waals surface area contributed by atoms with Gasteiger partial charge in [-0.15, -0.1) is 0 Å². The molecule has 6 nitrogen and oxygen atoms in total. The fraction of sp³-hybridized carbons (Fsp3) is 0.304. The molecule has 1 unspecified atom stereocenters. The number of benzene rings is 2. The molecule has 1 aliphatic heterocycles. The minimum Gasteiger partial charge on any atom is -0.497 e. The number of nitrogens with zero attached hydrogens (tertiary/aromatic N) is 1. The molecule has 1 atom stereocenters. The molecule has 0 bridgehead atoms. The summed E-state index contributed by atoms with van der Waals surface area (Å²) >= 11 is 0. The van der Waals surface area contributed by atoms with Gasteiger partial charge >= 0.3 is 0 Å². The summed E-state index contributed by atoms with van der Waals surface area (Å²) in [5.74, 6) is 0.464. The van der Waals surface area contributed by atoms with E-state index in [0.717, 1.165) is 16.9 Å². The van der Waals surface area contributed by atoms with Gasteiger partial charge in [0.1, 0.15) is 5.75 Å². The van der Waals surface area contributed by atoms with Crippen molar-refractivity contribution in [2.45, 2.75) is 20.0 Å². The van der Waals surface area contributed by atoms with E-state index in [1.54, 1.807) is 42.4 Å². The Labute approximate surface area is 171 Å². The van der Waals surface area contributed by atoms with Crippen molar-refractivity contribution >= 4 is 23.1 Å². The minimum atomic E-state index is -0.247. The van der Waals surface area contributed by atoms with E-state index in [-0.39, 0.29) is 17.9 Å². The van der Waals surface area contributed by atoms with Crippen LogP contribution in [-0.2, 0) is 9.53 Å². The molecular weight excluding hydrogens is 368 g/mol. The maximum Gasteiger partial charge on any atom is 0.254 e. The Kier molecular flexibility index (Phi) is 6.67. The van der Waals surface area contributed by atoms with Crippen LogP contribution in [0.25, 0.3) is 5.57 Å². The summed E-state index contributed by atoms with van der Waals surface area (Å²) in [7, 11) is 1.61. The van der Waals surface area contributed by atoms with E-state index in [2.05, 4.69) is 5.32 Å². The zero-order valence-electron chi connectivity index (χ0n) is 17.0. The van der Waals surface area contributed by atoms with E-state index in [0.29, 0.717) is 30.9 Å². The first-order valence-electron chi connectivity index (χ1n) is 9.61. The molecule has 1 heterocycles. The second kappa shape index (κ2) is 9.39. The highest BCUT2D eigenvalue weighted by Crippen LogP contribution is 2.19. The van der Waals surface area contributed by atoms with Crippen molar-refractivity contribution in [3.8, 4) is 5.75 Å². The largest absolute Gasteiger partial charge is 0.497 e. The second-order valence-electron chi connectivity index (χ2n) is 7.06. The number of amides is 2. The summed E-state index contributed by atoms with van der Waals surface area (Å²) < 4.78 is 10.6. The third kappa shape index (κ3) is 5.45. The van der Waals surface area contributed by atoms with Crippen LogP contribution in [0.4, 0.5) is 5.69 Å². The molecule has 1 N–H and O–H groups in total. The summed E-state index contributed by atoms with van der Waals surface area (Å²) in [5.41, 5.74) is 2.90. The molecule has 6 heteroatoms. The summed E-state index contributed by atoms with van der Waals surface area (Å²) in [6.07, 6.45) is 1.57. The van der Waals surface area contributed by atoms with E-state index in [9.17, 15) is 9.59 Å². The second-order valence-corrected chi connectivity index (χ2v) is 7.06. The van der Waals surface area contributed by atoms with Crippen molar-refractivity contribution in [3.05, 3.63) is 65.7 Å². The van der Waals surface area contributed by atoms with Crippen LogP contribution in [0.3, 0.4) is 0 Å². The lowest BCUT2D eigenvalue weighted by atomic mass is 10.1. The number of ether oxygens (including phenoxy) is 2. The lowest BCUT2D eigenvalue weighted by molar-refractivity contribution is -0.111. The average Bonchev–Trinajstić information content (AvgIpc) is 2.73. The molecule has 0 radical (unpaired) electrons. The molecule has 1 saturated heterocycles. The minimum absolute atomic E-state index is 0.0293. The molecule has 0 saturated carbocycles. The van der Waals surface area contributed by atoms with Crippen molar-refractivity contribution in [1.82, 2.24) is 4.90 Å². The molecule has 2 aromatic carbocycles. The number of morpholine rings is 1. The van der Waals surface area contributed by atoms with Crippen LogP contribution in [-0.4, -0.2) is 49.6 Å². The molecule has 29 heavy (non-hydrogen) atoms. The van der Waals surface area contributed by atoms with Crippen LogP contribution in [0.5, 0.6) is 5.75 Å². The van der Waals surface area contributed by atoms with E-state index in [1.807, 2.05) is 38.1 Å².